The molecule has 42 heavy (non-hydrogen) atoms. The summed E-state index contributed by atoms with van der Waals surface area (Å²) in [5.74, 6) is 1.99. The monoisotopic (exact) mass is 540 g/mol. The van der Waals surface area contributed by atoms with E-state index in [0.717, 1.165) is 22.4 Å². The summed E-state index contributed by atoms with van der Waals surface area (Å²) in [6, 6.07) is 46.4. The van der Waals surface area contributed by atoms with Gasteiger partial charge in [-0.05, 0) is 41.5 Å². The van der Waals surface area contributed by atoms with Gasteiger partial charge in [0.15, 0.2) is 17.5 Å². The molecule has 8 rings (SSSR count). The zero-order chi connectivity index (χ0) is 28.3. The minimum Gasteiger partial charge on any atom is -0.312 e. The van der Waals surface area contributed by atoms with E-state index in [1.807, 2.05) is 60.7 Å². The lowest BCUT2D eigenvalue weighted by Gasteiger charge is -2.24. The van der Waals surface area contributed by atoms with Gasteiger partial charge in [-0.2, -0.15) is 0 Å². The van der Waals surface area contributed by atoms with Gasteiger partial charge in [0.2, 0.25) is 0 Å². The molecular formula is C38H28N4. The molecule has 1 aliphatic carbocycles. The number of para-hydroxylation sites is 1. The summed E-state index contributed by atoms with van der Waals surface area (Å²) in [5.41, 5.74) is 10.3. The van der Waals surface area contributed by atoms with Crippen molar-refractivity contribution in [2.45, 2.75) is 19.3 Å². The van der Waals surface area contributed by atoms with Crippen LogP contribution in [-0.4, -0.2) is 19.5 Å². The van der Waals surface area contributed by atoms with Crippen LogP contribution >= 0.6 is 0 Å². The molecule has 200 valence electrons. The molecule has 0 saturated heterocycles. The molecule has 0 bridgehead atoms. The Morgan fingerprint density at radius 1 is 0.524 bits per heavy atom. The number of hydrogen-bond donors (Lipinski definition) is 0. The highest BCUT2D eigenvalue weighted by molar-refractivity contribution is 6.05. The SMILES string of the molecule is CC1(C)c2ccccc2-c2c1n(-c1ccccc1)c1ccc(-c3nc(-c4ccccc4)nc(-c4ccccc4)n3)cc21. The first kappa shape index (κ1) is 24.4. The Hall–Kier alpha value is -5.35. The van der Waals surface area contributed by atoms with Gasteiger partial charge in [0.05, 0.1) is 5.52 Å². The highest BCUT2D eigenvalue weighted by Gasteiger charge is 2.40. The van der Waals surface area contributed by atoms with Crippen molar-refractivity contribution in [2.24, 2.45) is 0 Å². The number of aromatic nitrogens is 4. The molecule has 1 aliphatic rings. The van der Waals surface area contributed by atoms with E-state index in [1.165, 1.54) is 33.3 Å². The smallest absolute Gasteiger partial charge is 0.164 e. The van der Waals surface area contributed by atoms with Crippen LogP contribution in [0.4, 0.5) is 0 Å². The van der Waals surface area contributed by atoms with Gasteiger partial charge in [0, 0.05) is 44.4 Å². The first-order valence-corrected chi connectivity index (χ1v) is 14.3. The molecule has 0 unspecified atom stereocenters. The number of fused-ring (bicyclic) bond motifs is 5. The van der Waals surface area contributed by atoms with Crippen LogP contribution in [0.15, 0.2) is 133 Å². The van der Waals surface area contributed by atoms with Gasteiger partial charge in [0.25, 0.3) is 0 Å². The maximum atomic E-state index is 5.01. The molecule has 0 saturated carbocycles. The average Bonchev–Trinajstić information content (AvgIpc) is 3.52. The second kappa shape index (κ2) is 9.35. The zero-order valence-corrected chi connectivity index (χ0v) is 23.5. The quantitative estimate of drug-likeness (QED) is 0.224. The minimum atomic E-state index is -0.158. The molecule has 0 radical (unpaired) electrons. The predicted molar refractivity (Wildman–Crippen MR) is 171 cm³/mol. The molecule has 0 aliphatic heterocycles. The second-order valence-electron chi connectivity index (χ2n) is 11.3. The van der Waals surface area contributed by atoms with Gasteiger partial charge >= 0.3 is 0 Å². The minimum absolute atomic E-state index is 0.158. The number of hydrogen-bond acceptors (Lipinski definition) is 3. The van der Waals surface area contributed by atoms with Crippen LogP contribution in [0.2, 0.25) is 0 Å². The Bertz CT molecular complexity index is 2040. The standard InChI is InChI=1S/C38H28N4/c1-38(2)31-21-13-12-20-29(31)33-30-24-27(22-23-32(30)42(34(33)38)28-18-10-5-11-19-28)37-40-35(25-14-6-3-7-15-25)39-36(41-37)26-16-8-4-9-17-26/h3-24H,1-2H3. The lowest BCUT2D eigenvalue weighted by atomic mass is 9.85. The Kier molecular flexibility index (Phi) is 5.44. The third-order valence-corrected chi connectivity index (χ3v) is 8.40. The summed E-state index contributed by atoms with van der Waals surface area (Å²) in [4.78, 5) is 14.9. The van der Waals surface area contributed by atoms with E-state index in [-0.39, 0.29) is 5.41 Å². The van der Waals surface area contributed by atoms with E-state index in [9.17, 15) is 0 Å². The van der Waals surface area contributed by atoms with E-state index in [4.69, 9.17) is 15.0 Å². The highest BCUT2D eigenvalue weighted by atomic mass is 15.0. The van der Waals surface area contributed by atoms with Crippen LogP contribution in [0, 0.1) is 0 Å². The molecule has 0 fully saturated rings. The van der Waals surface area contributed by atoms with Crippen LogP contribution in [-0.2, 0) is 5.41 Å². The Labute approximate surface area is 245 Å². The zero-order valence-electron chi connectivity index (χ0n) is 23.5. The van der Waals surface area contributed by atoms with E-state index in [2.05, 4.69) is 91.2 Å². The lowest BCUT2D eigenvalue weighted by molar-refractivity contribution is 0.624. The Morgan fingerprint density at radius 3 is 1.67 bits per heavy atom. The first-order valence-electron chi connectivity index (χ1n) is 14.3. The maximum Gasteiger partial charge on any atom is 0.164 e. The molecule has 5 aromatic carbocycles. The highest BCUT2D eigenvalue weighted by Crippen LogP contribution is 2.53. The van der Waals surface area contributed by atoms with Gasteiger partial charge in [0.1, 0.15) is 0 Å². The fourth-order valence-electron chi connectivity index (χ4n) is 6.45. The van der Waals surface area contributed by atoms with Gasteiger partial charge in [-0.3, -0.25) is 0 Å². The molecule has 4 nitrogen and oxygen atoms in total. The van der Waals surface area contributed by atoms with Gasteiger partial charge in [-0.15, -0.1) is 0 Å². The fourth-order valence-corrected chi connectivity index (χ4v) is 6.45. The van der Waals surface area contributed by atoms with Crippen LogP contribution in [0.1, 0.15) is 25.1 Å². The molecule has 2 aromatic heterocycles. The van der Waals surface area contributed by atoms with Crippen molar-refractivity contribution in [2.75, 3.05) is 0 Å². The first-order chi connectivity index (χ1) is 20.6. The van der Waals surface area contributed by atoms with Crippen molar-refractivity contribution < 1.29 is 0 Å². The fraction of sp³-hybridized carbons (Fsp3) is 0.0789. The van der Waals surface area contributed by atoms with Crippen molar-refractivity contribution in [1.29, 1.82) is 0 Å². The number of rotatable bonds is 4. The van der Waals surface area contributed by atoms with Crippen molar-refractivity contribution >= 4 is 10.9 Å². The number of benzene rings is 5. The van der Waals surface area contributed by atoms with Crippen molar-refractivity contribution in [3.8, 4) is 51.0 Å². The van der Waals surface area contributed by atoms with Crippen LogP contribution in [0.25, 0.3) is 61.9 Å². The predicted octanol–water partition coefficient (Wildman–Crippen LogP) is 9.12. The van der Waals surface area contributed by atoms with Crippen molar-refractivity contribution in [1.82, 2.24) is 19.5 Å². The largest absolute Gasteiger partial charge is 0.312 e. The molecule has 0 spiro atoms. The van der Waals surface area contributed by atoms with Crippen LogP contribution in [0.3, 0.4) is 0 Å². The molecule has 4 heteroatoms. The van der Waals surface area contributed by atoms with E-state index >= 15 is 0 Å². The summed E-state index contributed by atoms with van der Waals surface area (Å²) in [6.07, 6.45) is 0. The Morgan fingerprint density at radius 2 is 1.05 bits per heavy atom. The van der Waals surface area contributed by atoms with E-state index in [1.54, 1.807) is 0 Å². The van der Waals surface area contributed by atoms with Crippen LogP contribution < -0.4 is 0 Å². The summed E-state index contributed by atoms with van der Waals surface area (Å²) in [5, 5.41) is 1.20. The van der Waals surface area contributed by atoms with E-state index in [0.29, 0.717) is 17.5 Å². The third kappa shape index (κ3) is 3.72. The van der Waals surface area contributed by atoms with Crippen LogP contribution in [0.5, 0.6) is 0 Å². The molecule has 0 atom stereocenters. The summed E-state index contributed by atoms with van der Waals surface area (Å²) in [7, 11) is 0. The molecular weight excluding hydrogens is 512 g/mol. The van der Waals surface area contributed by atoms with Gasteiger partial charge in [-0.1, -0.05) is 117 Å². The Balaban J connectivity index is 1.40. The lowest BCUT2D eigenvalue weighted by Crippen LogP contribution is -2.19. The summed E-state index contributed by atoms with van der Waals surface area (Å²) in [6.45, 7) is 4.67. The molecule has 7 aromatic rings. The maximum absolute atomic E-state index is 5.01. The second-order valence-corrected chi connectivity index (χ2v) is 11.3. The van der Waals surface area contributed by atoms with Gasteiger partial charge in [-0.25, -0.2) is 15.0 Å². The normalized spacial score (nSPS) is 13.2. The number of nitrogens with zero attached hydrogens (tertiary/aromatic N) is 4. The molecule has 0 amide bonds. The van der Waals surface area contributed by atoms with E-state index < -0.39 is 0 Å². The van der Waals surface area contributed by atoms with Gasteiger partial charge < -0.3 is 4.57 Å². The summed E-state index contributed by atoms with van der Waals surface area (Å²) < 4.78 is 2.44. The summed E-state index contributed by atoms with van der Waals surface area (Å²) >= 11 is 0. The topological polar surface area (TPSA) is 43.6 Å². The molecule has 0 N–H and O–H groups in total. The average molecular weight is 541 g/mol. The van der Waals surface area contributed by atoms with Crippen molar-refractivity contribution in [3.05, 3.63) is 145 Å². The third-order valence-electron chi connectivity index (χ3n) is 8.40. The van der Waals surface area contributed by atoms with Crippen molar-refractivity contribution in [3.63, 3.8) is 0 Å². The molecule has 2 heterocycles.